The second-order valence-corrected chi connectivity index (χ2v) is 5.91. The molecule has 0 aliphatic heterocycles. The lowest BCUT2D eigenvalue weighted by molar-refractivity contribution is 0.0949. The average Bonchev–Trinajstić information content (AvgIpc) is 2.45. The molecule has 21 heavy (non-hydrogen) atoms. The molecule has 2 N–H and O–H groups in total. The molecule has 0 heterocycles. The molecule has 1 unspecified atom stereocenters. The first-order chi connectivity index (χ1) is 10.0. The topological polar surface area (TPSA) is 66.4 Å². The molecule has 0 saturated heterocycles. The summed E-state index contributed by atoms with van der Waals surface area (Å²) >= 11 is 0. The first-order valence-corrected chi connectivity index (χ1v) is 8.25. The monoisotopic (exact) mass is 311 g/mol. The second-order valence-electron chi connectivity index (χ2n) is 4.36. The summed E-state index contributed by atoms with van der Waals surface area (Å²) in [5.74, 6) is 4.84. The first kappa shape index (κ1) is 17.3. The summed E-state index contributed by atoms with van der Waals surface area (Å²) in [5, 5.41) is 11.2. The van der Waals surface area contributed by atoms with Crippen LogP contribution in [0.3, 0.4) is 0 Å². The minimum Gasteiger partial charge on any atom is -0.395 e. The summed E-state index contributed by atoms with van der Waals surface area (Å²) in [4.78, 5) is 11.9. The number of halogens is 1. The zero-order chi connectivity index (χ0) is 15.7. The molecule has 1 amide bonds. The lowest BCUT2D eigenvalue weighted by Crippen LogP contribution is -2.26. The molecule has 1 rings (SSSR count). The number of carbonyl (C=O) groups excluding carboxylic acids is 1. The van der Waals surface area contributed by atoms with E-state index < -0.39 is 22.5 Å². The van der Waals surface area contributed by atoms with E-state index in [-0.39, 0.29) is 12.2 Å². The molecule has 0 aliphatic carbocycles. The third-order valence-corrected chi connectivity index (χ3v) is 3.44. The van der Waals surface area contributed by atoms with Gasteiger partial charge in [-0.25, -0.2) is 4.39 Å². The van der Waals surface area contributed by atoms with Gasteiger partial charge < -0.3 is 10.4 Å². The van der Waals surface area contributed by atoms with Crippen LogP contribution in [-0.2, 0) is 10.8 Å². The van der Waals surface area contributed by atoms with Gasteiger partial charge in [0.1, 0.15) is 5.82 Å². The fourth-order valence-electron chi connectivity index (χ4n) is 1.57. The molecular weight excluding hydrogens is 293 g/mol. The lowest BCUT2D eigenvalue weighted by atomic mass is 10.1. The van der Waals surface area contributed by atoms with Crippen LogP contribution in [0.25, 0.3) is 0 Å². The van der Waals surface area contributed by atoms with Gasteiger partial charge in [0.05, 0.1) is 12.2 Å². The van der Waals surface area contributed by atoms with Crippen molar-refractivity contribution in [3.05, 3.63) is 35.1 Å². The number of benzene rings is 1. The number of carbonyl (C=O) groups is 1. The van der Waals surface area contributed by atoms with E-state index in [1.807, 2.05) is 0 Å². The Morgan fingerprint density at radius 1 is 1.48 bits per heavy atom. The van der Waals surface area contributed by atoms with Crippen LogP contribution in [0.2, 0.25) is 0 Å². The molecule has 4 nitrogen and oxygen atoms in total. The maximum Gasteiger partial charge on any atom is 0.254 e. The van der Waals surface area contributed by atoms with Crippen molar-refractivity contribution in [2.45, 2.75) is 12.8 Å². The molecule has 0 fully saturated rings. The standard InChI is InChI=1S/C15H18FNO3S/c1-21(20)10-4-8-17-15(19)13-11-12(5-2-3-9-18)6-7-14(13)16/h6-7,11,18H,3-4,8-10H2,1H3,(H,17,19). The third-order valence-electron chi connectivity index (χ3n) is 2.57. The Morgan fingerprint density at radius 3 is 2.90 bits per heavy atom. The van der Waals surface area contributed by atoms with Crippen LogP contribution in [0.5, 0.6) is 0 Å². The van der Waals surface area contributed by atoms with Crippen LogP contribution in [0.1, 0.15) is 28.8 Å². The van der Waals surface area contributed by atoms with Crippen LogP contribution in [-0.4, -0.2) is 40.4 Å². The maximum atomic E-state index is 13.6. The fourth-order valence-corrected chi connectivity index (χ4v) is 2.12. The van der Waals surface area contributed by atoms with E-state index >= 15 is 0 Å². The quantitative estimate of drug-likeness (QED) is 0.610. The minimum atomic E-state index is -0.902. The Hall–Kier alpha value is -1.71. The predicted octanol–water partition coefficient (Wildman–Crippen LogP) is 1.06. The molecule has 114 valence electrons. The zero-order valence-electron chi connectivity index (χ0n) is 11.8. The van der Waals surface area contributed by atoms with Crippen molar-refractivity contribution in [2.24, 2.45) is 0 Å². The molecule has 0 aliphatic rings. The Bertz CT molecular complexity index is 578. The normalized spacial score (nSPS) is 11.4. The molecule has 1 atom stereocenters. The van der Waals surface area contributed by atoms with Crippen LogP contribution in [0.4, 0.5) is 4.39 Å². The highest BCUT2D eigenvalue weighted by molar-refractivity contribution is 7.84. The maximum absolute atomic E-state index is 13.6. The third kappa shape index (κ3) is 6.52. The highest BCUT2D eigenvalue weighted by atomic mass is 32.2. The van der Waals surface area contributed by atoms with Crippen molar-refractivity contribution in [1.29, 1.82) is 0 Å². The summed E-state index contributed by atoms with van der Waals surface area (Å²) in [6.45, 7) is 0.304. The van der Waals surface area contributed by atoms with Gasteiger partial charge in [0.2, 0.25) is 0 Å². The van der Waals surface area contributed by atoms with Gasteiger partial charge >= 0.3 is 0 Å². The van der Waals surface area contributed by atoms with E-state index in [4.69, 9.17) is 5.11 Å². The van der Waals surface area contributed by atoms with Gasteiger partial charge in [-0.3, -0.25) is 9.00 Å². The smallest absolute Gasteiger partial charge is 0.254 e. The molecule has 0 bridgehead atoms. The van der Waals surface area contributed by atoms with Crippen LogP contribution >= 0.6 is 0 Å². The number of rotatable bonds is 6. The predicted molar refractivity (Wildman–Crippen MR) is 80.9 cm³/mol. The highest BCUT2D eigenvalue weighted by Crippen LogP contribution is 2.10. The number of amides is 1. The van der Waals surface area contributed by atoms with Gasteiger partial charge in [-0.2, -0.15) is 0 Å². The summed E-state index contributed by atoms with van der Waals surface area (Å²) in [6, 6.07) is 4.06. The second kappa shape index (κ2) is 9.27. The number of aliphatic hydroxyl groups excluding tert-OH is 1. The number of hydrogen-bond donors (Lipinski definition) is 2. The van der Waals surface area contributed by atoms with E-state index in [1.54, 1.807) is 6.26 Å². The molecule has 1 aromatic rings. The number of aliphatic hydroxyl groups is 1. The average molecular weight is 311 g/mol. The van der Waals surface area contributed by atoms with Crippen molar-refractivity contribution >= 4 is 16.7 Å². The van der Waals surface area contributed by atoms with E-state index in [1.165, 1.54) is 18.2 Å². The van der Waals surface area contributed by atoms with Crippen LogP contribution in [0.15, 0.2) is 18.2 Å². The van der Waals surface area contributed by atoms with Gasteiger partial charge in [0.15, 0.2) is 0 Å². The van der Waals surface area contributed by atoms with Crippen molar-refractivity contribution in [1.82, 2.24) is 5.32 Å². The SMILES string of the molecule is CS(=O)CCCNC(=O)c1cc(C#CCCO)ccc1F. The van der Waals surface area contributed by atoms with E-state index in [2.05, 4.69) is 17.2 Å². The van der Waals surface area contributed by atoms with E-state index in [9.17, 15) is 13.4 Å². The Kier molecular flexibility index (Phi) is 7.65. The van der Waals surface area contributed by atoms with Crippen LogP contribution < -0.4 is 5.32 Å². The largest absolute Gasteiger partial charge is 0.395 e. The molecule has 0 radical (unpaired) electrons. The molecular formula is C15H18FNO3S. The summed E-state index contributed by atoms with van der Waals surface area (Å²) < 4.78 is 24.5. The lowest BCUT2D eigenvalue weighted by Gasteiger charge is -2.06. The molecule has 0 saturated carbocycles. The summed E-state index contributed by atoms with van der Waals surface area (Å²) in [6.07, 6.45) is 2.50. The highest BCUT2D eigenvalue weighted by Gasteiger charge is 2.11. The minimum absolute atomic E-state index is 0.0413. The van der Waals surface area contributed by atoms with Gasteiger partial charge in [-0.15, -0.1) is 0 Å². The van der Waals surface area contributed by atoms with Crippen molar-refractivity contribution in [2.75, 3.05) is 25.2 Å². The van der Waals surface area contributed by atoms with E-state index in [0.29, 0.717) is 30.7 Å². The van der Waals surface area contributed by atoms with Crippen molar-refractivity contribution in [3.63, 3.8) is 0 Å². The Balaban J connectivity index is 2.68. The molecule has 1 aromatic carbocycles. The molecule has 0 spiro atoms. The summed E-state index contributed by atoms with van der Waals surface area (Å²) in [7, 11) is -0.902. The van der Waals surface area contributed by atoms with E-state index in [0.717, 1.165) is 0 Å². The molecule has 0 aromatic heterocycles. The zero-order valence-corrected chi connectivity index (χ0v) is 12.6. The number of hydrogen-bond acceptors (Lipinski definition) is 3. The van der Waals surface area contributed by atoms with Gasteiger partial charge in [-0.05, 0) is 24.6 Å². The Labute approximate surface area is 126 Å². The summed E-state index contributed by atoms with van der Waals surface area (Å²) in [5.41, 5.74) is 0.452. The van der Waals surface area contributed by atoms with Gasteiger partial charge in [0, 0.05) is 41.3 Å². The van der Waals surface area contributed by atoms with Crippen molar-refractivity contribution < 1.29 is 18.5 Å². The first-order valence-electron chi connectivity index (χ1n) is 6.52. The Morgan fingerprint density at radius 2 is 2.24 bits per heavy atom. The molecule has 6 heteroatoms. The van der Waals surface area contributed by atoms with Gasteiger partial charge in [0.25, 0.3) is 5.91 Å². The fraction of sp³-hybridized carbons (Fsp3) is 0.400. The van der Waals surface area contributed by atoms with Crippen molar-refractivity contribution in [3.8, 4) is 11.8 Å². The van der Waals surface area contributed by atoms with Crippen LogP contribution in [0, 0.1) is 17.7 Å². The van der Waals surface area contributed by atoms with Gasteiger partial charge in [-0.1, -0.05) is 11.8 Å². The number of nitrogens with one attached hydrogen (secondary N) is 1.